The van der Waals surface area contributed by atoms with Crippen LogP contribution >= 0.6 is 23.4 Å². The first-order valence-electron chi connectivity index (χ1n) is 10.1. The van der Waals surface area contributed by atoms with Crippen molar-refractivity contribution in [2.24, 2.45) is 0 Å². The SMILES string of the molecule is Cc1ccc(-c2nnc(SC3CCCCN(C(=O)c4ccc(Cl)cc4)C3=O)o2)cc1C. The molecule has 0 radical (unpaired) electrons. The van der Waals surface area contributed by atoms with Crippen molar-refractivity contribution in [3.63, 3.8) is 0 Å². The van der Waals surface area contributed by atoms with Gasteiger partial charge in [0.2, 0.25) is 11.8 Å². The second kappa shape index (κ2) is 9.24. The first-order valence-corrected chi connectivity index (χ1v) is 11.4. The molecule has 2 aromatic carbocycles. The van der Waals surface area contributed by atoms with Crippen LogP contribution in [0.2, 0.25) is 5.02 Å². The molecule has 0 N–H and O–H groups in total. The molecule has 1 atom stereocenters. The number of rotatable bonds is 4. The van der Waals surface area contributed by atoms with Crippen molar-refractivity contribution in [1.29, 1.82) is 0 Å². The monoisotopic (exact) mass is 455 g/mol. The van der Waals surface area contributed by atoms with Crippen LogP contribution in [0.1, 0.15) is 40.7 Å². The molecule has 0 aliphatic carbocycles. The van der Waals surface area contributed by atoms with E-state index >= 15 is 0 Å². The minimum Gasteiger partial charge on any atom is -0.411 e. The number of hydrogen-bond acceptors (Lipinski definition) is 6. The second-order valence-corrected chi connectivity index (χ2v) is 9.17. The molecule has 1 aromatic heterocycles. The number of aryl methyl sites for hydroxylation is 2. The van der Waals surface area contributed by atoms with Gasteiger partial charge >= 0.3 is 0 Å². The van der Waals surface area contributed by atoms with Gasteiger partial charge in [-0.3, -0.25) is 14.5 Å². The van der Waals surface area contributed by atoms with Gasteiger partial charge in [0.15, 0.2) is 0 Å². The van der Waals surface area contributed by atoms with Gasteiger partial charge in [0.05, 0.1) is 5.25 Å². The third-order valence-corrected chi connectivity index (χ3v) is 6.72. The van der Waals surface area contributed by atoms with E-state index < -0.39 is 5.25 Å². The van der Waals surface area contributed by atoms with E-state index in [2.05, 4.69) is 10.2 Å². The summed E-state index contributed by atoms with van der Waals surface area (Å²) in [5.41, 5.74) is 3.61. The Balaban J connectivity index is 1.50. The first-order chi connectivity index (χ1) is 14.9. The highest BCUT2D eigenvalue weighted by atomic mass is 35.5. The van der Waals surface area contributed by atoms with E-state index in [-0.39, 0.29) is 11.8 Å². The smallest absolute Gasteiger partial charge is 0.277 e. The highest BCUT2D eigenvalue weighted by Crippen LogP contribution is 2.32. The summed E-state index contributed by atoms with van der Waals surface area (Å²) in [7, 11) is 0. The maximum absolute atomic E-state index is 13.2. The lowest BCUT2D eigenvalue weighted by atomic mass is 10.1. The van der Waals surface area contributed by atoms with Crippen molar-refractivity contribution in [1.82, 2.24) is 15.1 Å². The number of amides is 2. The van der Waals surface area contributed by atoms with E-state index in [1.807, 2.05) is 32.0 Å². The molecule has 6 nitrogen and oxygen atoms in total. The van der Waals surface area contributed by atoms with Crippen LogP contribution in [0.4, 0.5) is 0 Å². The number of halogens is 1. The Bertz CT molecular complexity index is 1110. The molecule has 1 fully saturated rings. The molecule has 0 spiro atoms. The van der Waals surface area contributed by atoms with Crippen LogP contribution in [0.15, 0.2) is 52.1 Å². The van der Waals surface area contributed by atoms with E-state index in [9.17, 15) is 9.59 Å². The van der Waals surface area contributed by atoms with Gasteiger partial charge in [-0.1, -0.05) is 35.9 Å². The average molecular weight is 456 g/mol. The predicted octanol–water partition coefficient (Wildman–Crippen LogP) is 5.32. The third-order valence-electron chi connectivity index (χ3n) is 5.38. The second-order valence-electron chi connectivity index (χ2n) is 7.58. The van der Waals surface area contributed by atoms with Crippen LogP contribution < -0.4 is 0 Å². The number of carbonyl (C=O) groups is 2. The van der Waals surface area contributed by atoms with E-state index in [1.54, 1.807) is 24.3 Å². The Morgan fingerprint density at radius 2 is 1.87 bits per heavy atom. The van der Waals surface area contributed by atoms with Crippen LogP contribution in [0.5, 0.6) is 0 Å². The molecule has 1 aliphatic rings. The molecule has 1 unspecified atom stereocenters. The lowest BCUT2D eigenvalue weighted by Crippen LogP contribution is -2.41. The largest absolute Gasteiger partial charge is 0.411 e. The summed E-state index contributed by atoms with van der Waals surface area (Å²) in [5.74, 6) is -0.121. The predicted molar refractivity (Wildman–Crippen MR) is 120 cm³/mol. The summed E-state index contributed by atoms with van der Waals surface area (Å²) in [4.78, 5) is 27.4. The molecule has 3 aromatic rings. The molecule has 8 heteroatoms. The molecule has 4 rings (SSSR count). The minimum absolute atomic E-state index is 0.228. The van der Waals surface area contributed by atoms with E-state index in [0.717, 1.165) is 24.0 Å². The van der Waals surface area contributed by atoms with Crippen molar-refractivity contribution in [2.75, 3.05) is 6.54 Å². The third kappa shape index (κ3) is 4.83. The fraction of sp³-hybridized carbons (Fsp3) is 0.304. The highest BCUT2D eigenvalue weighted by Gasteiger charge is 2.33. The zero-order chi connectivity index (χ0) is 22.0. The summed E-state index contributed by atoms with van der Waals surface area (Å²) in [6.07, 6.45) is 2.25. The number of carbonyl (C=O) groups excluding carboxylic acids is 2. The number of imide groups is 1. The van der Waals surface area contributed by atoms with Crippen LogP contribution in [-0.2, 0) is 4.79 Å². The van der Waals surface area contributed by atoms with Crippen molar-refractivity contribution >= 4 is 35.2 Å². The summed E-state index contributed by atoms with van der Waals surface area (Å²) >= 11 is 7.14. The molecule has 0 bridgehead atoms. The zero-order valence-corrected chi connectivity index (χ0v) is 18.9. The normalized spacial score (nSPS) is 16.9. The summed E-state index contributed by atoms with van der Waals surface area (Å²) in [6.45, 7) is 4.47. The van der Waals surface area contributed by atoms with Crippen LogP contribution in [0.25, 0.3) is 11.5 Å². The van der Waals surface area contributed by atoms with Gasteiger partial charge in [-0.15, -0.1) is 10.2 Å². The molecular weight excluding hydrogens is 434 g/mol. The summed E-state index contributed by atoms with van der Waals surface area (Å²) in [5, 5.41) is 8.68. The number of aromatic nitrogens is 2. The van der Waals surface area contributed by atoms with Gasteiger partial charge in [0.1, 0.15) is 0 Å². The van der Waals surface area contributed by atoms with Crippen molar-refractivity contribution in [3.8, 4) is 11.5 Å². The maximum atomic E-state index is 13.2. The first kappa shape index (κ1) is 21.6. The number of benzene rings is 2. The lowest BCUT2D eigenvalue weighted by Gasteiger charge is -2.21. The molecular formula is C23H22ClN3O3S. The molecule has 31 heavy (non-hydrogen) atoms. The minimum atomic E-state index is -0.452. The van der Waals surface area contributed by atoms with Crippen LogP contribution in [0, 0.1) is 13.8 Å². The van der Waals surface area contributed by atoms with Gasteiger partial charge in [-0.25, -0.2) is 0 Å². The molecule has 160 valence electrons. The summed E-state index contributed by atoms with van der Waals surface area (Å²) < 4.78 is 5.82. The van der Waals surface area contributed by atoms with Gasteiger partial charge < -0.3 is 4.42 Å². The summed E-state index contributed by atoms with van der Waals surface area (Å²) in [6, 6.07) is 12.5. The van der Waals surface area contributed by atoms with Crippen molar-refractivity contribution in [3.05, 3.63) is 64.2 Å². The number of hydrogen-bond donors (Lipinski definition) is 0. The van der Waals surface area contributed by atoms with Gasteiger partial charge in [-0.05, 0) is 74.2 Å². The number of thioether (sulfide) groups is 1. The quantitative estimate of drug-likeness (QED) is 0.495. The molecule has 1 aliphatic heterocycles. The average Bonchev–Trinajstić information content (AvgIpc) is 3.15. The molecule has 1 saturated heterocycles. The maximum Gasteiger partial charge on any atom is 0.277 e. The van der Waals surface area contributed by atoms with Crippen molar-refractivity contribution in [2.45, 2.75) is 43.6 Å². The van der Waals surface area contributed by atoms with Crippen LogP contribution in [0.3, 0.4) is 0 Å². The Hall–Kier alpha value is -2.64. The fourth-order valence-corrected chi connectivity index (χ4v) is 4.53. The number of nitrogens with zero attached hydrogens (tertiary/aromatic N) is 3. The molecule has 0 saturated carbocycles. The Morgan fingerprint density at radius 3 is 2.61 bits per heavy atom. The topological polar surface area (TPSA) is 76.3 Å². The van der Waals surface area contributed by atoms with E-state index in [4.69, 9.17) is 16.0 Å². The van der Waals surface area contributed by atoms with Gasteiger partial charge in [0, 0.05) is 22.7 Å². The van der Waals surface area contributed by atoms with Gasteiger partial charge in [-0.2, -0.15) is 0 Å². The number of likely N-dealkylation sites (tertiary alicyclic amines) is 1. The van der Waals surface area contributed by atoms with Crippen molar-refractivity contribution < 1.29 is 14.0 Å². The Kier molecular flexibility index (Phi) is 6.43. The lowest BCUT2D eigenvalue weighted by molar-refractivity contribution is -0.127. The standard InChI is InChI=1S/C23H22ClN3O3S/c1-14-6-7-17(13-15(14)2)20-25-26-23(30-20)31-19-5-3-4-12-27(22(19)29)21(28)16-8-10-18(24)11-9-16/h6-11,13,19H,3-5,12H2,1-2H3. The van der Waals surface area contributed by atoms with Crippen LogP contribution in [-0.4, -0.2) is 38.7 Å². The Morgan fingerprint density at radius 1 is 1.10 bits per heavy atom. The molecule has 2 heterocycles. The van der Waals surface area contributed by atoms with Gasteiger partial charge in [0.25, 0.3) is 11.1 Å². The highest BCUT2D eigenvalue weighted by molar-refractivity contribution is 8.00. The molecule has 2 amide bonds. The van der Waals surface area contributed by atoms with E-state index in [1.165, 1.54) is 22.2 Å². The van der Waals surface area contributed by atoms with E-state index in [0.29, 0.717) is 34.7 Å². The Labute approximate surface area is 190 Å². The zero-order valence-electron chi connectivity index (χ0n) is 17.3. The fourth-order valence-electron chi connectivity index (χ4n) is 3.44.